The van der Waals surface area contributed by atoms with E-state index in [9.17, 15) is 9.59 Å². The van der Waals surface area contributed by atoms with Crippen molar-refractivity contribution in [3.05, 3.63) is 23.8 Å². The zero-order valence-corrected chi connectivity index (χ0v) is 15.2. The topological polar surface area (TPSA) is 70.7 Å². The van der Waals surface area contributed by atoms with Crippen LogP contribution in [0.1, 0.15) is 18.4 Å². The first-order valence-corrected chi connectivity index (χ1v) is 7.94. The number of rotatable bonds is 7. The van der Waals surface area contributed by atoms with Crippen molar-refractivity contribution in [2.45, 2.75) is 19.8 Å². The number of hydrogen-bond acceptors (Lipinski definition) is 4. The van der Waals surface area contributed by atoms with Gasteiger partial charge in [0.2, 0.25) is 11.8 Å². The zero-order chi connectivity index (χ0) is 16.8. The van der Waals surface area contributed by atoms with Crippen LogP contribution in [-0.2, 0) is 9.59 Å². The van der Waals surface area contributed by atoms with Crippen molar-refractivity contribution in [3.63, 3.8) is 0 Å². The number of anilines is 1. The number of amides is 2. The number of methoxy groups -OCH3 is 1. The lowest BCUT2D eigenvalue weighted by Gasteiger charge is -2.20. The quantitative estimate of drug-likeness (QED) is 0.727. The van der Waals surface area contributed by atoms with E-state index in [-0.39, 0.29) is 36.6 Å². The van der Waals surface area contributed by atoms with Gasteiger partial charge in [-0.2, -0.15) is 0 Å². The van der Waals surface area contributed by atoms with Gasteiger partial charge in [-0.25, -0.2) is 0 Å². The molecule has 1 aromatic carbocycles. The number of nitrogens with one attached hydrogen (secondary N) is 2. The predicted molar refractivity (Wildman–Crippen MR) is 97.0 cm³/mol. The molecule has 2 rings (SSSR count). The molecule has 7 heteroatoms. The third kappa shape index (κ3) is 4.85. The average Bonchev–Trinajstić information content (AvgIpc) is 2.93. The van der Waals surface area contributed by atoms with Crippen LogP contribution >= 0.6 is 12.4 Å². The fourth-order valence-electron chi connectivity index (χ4n) is 2.75. The summed E-state index contributed by atoms with van der Waals surface area (Å²) < 4.78 is 5.35. The van der Waals surface area contributed by atoms with Crippen LogP contribution in [0.15, 0.2) is 18.2 Å². The fourth-order valence-corrected chi connectivity index (χ4v) is 2.75. The molecule has 1 aromatic rings. The number of halogens is 1. The summed E-state index contributed by atoms with van der Waals surface area (Å²) in [6, 6.07) is 5.71. The summed E-state index contributed by atoms with van der Waals surface area (Å²) >= 11 is 0. The summed E-state index contributed by atoms with van der Waals surface area (Å²) in [5, 5.41) is 5.94. The predicted octanol–water partition coefficient (Wildman–Crippen LogP) is 1.50. The van der Waals surface area contributed by atoms with Gasteiger partial charge in [0.05, 0.1) is 18.7 Å². The van der Waals surface area contributed by atoms with E-state index in [0.717, 1.165) is 24.2 Å². The molecule has 1 heterocycles. The highest BCUT2D eigenvalue weighted by atomic mass is 35.5. The minimum atomic E-state index is -0.303. The Bertz CT molecular complexity index is 580. The summed E-state index contributed by atoms with van der Waals surface area (Å²) in [7, 11) is 3.46. The Labute approximate surface area is 149 Å². The van der Waals surface area contributed by atoms with E-state index in [1.165, 1.54) is 0 Å². The normalized spacial score (nSPS) is 16.7. The summed E-state index contributed by atoms with van der Waals surface area (Å²) in [4.78, 5) is 26.2. The molecular formula is C17H26ClN3O3. The molecule has 134 valence electrons. The number of nitrogens with zero attached hydrogens (tertiary/aromatic N) is 1. The molecule has 1 aliphatic heterocycles. The molecule has 2 N–H and O–H groups in total. The Morgan fingerprint density at radius 2 is 2.12 bits per heavy atom. The molecule has 1 saturated heterocycles. The van der Waals surface area contributed by atoms with E-state index in [1.807, 2.05) is 32.2 Å². The smallest absolute Gasteiger partial charge is 0.227 e. The van der Waals surface area contributed by atoms with Crippen LogP contribution in [0.25, 0.3) is 0 Å². The van der Waals surface area contributed by atoms with Crippen molar-refractivity contribution in [2.24, 2.45) is 5.92 Å². The van der Waals surface area contributed by atoms with Crippen molar-refractivity contribution < 1.29 is 14.3 Å². The molecule has 0 aromatic heterocycles. The Kier molecular flexibility index (Phi) is 8.01. The number of aryl methyl sites for hydroxylation is 1. The lowest BCUT2D eigenvalue weighted by Crippen LogP contribution is -2.34. The summed E-state index contributed by atoms with van der Waals surface area (Å²) in [6.07, 6.45) is 1.12. The van der Waals surface area contributed by atoms with E-state index in [0.29, 0.717) is 18.8 Å². The van der Waals surface area contributed by atoms with Gasteiger partial charge in [0.25, 0.3) is 0 Å². The van der Waals surface area contributed by atoms with E-state index < -0.39 is 0 Å². The standard InChI is InChI=1S/C17H25N3O3.ClH/c1-12-5-6-15(23-3)14(9-12)20-11-13(10-16(20)21)17(22)19-8-4-7-18-2;/h5-6,9,13,18H,4,7-8,10-11H2,1-3H3,(H,19,22);1H. The van der Waals surface area contributed by atoms with Crippen LogP contribution in [0.3, 0.4) is 0 Å². The van der Waals surface area contributed by atoms with Crippen LogP contribution in [0.4, 0.5) is 5.69 Å². The SMILES string of the molecule is CNCCCNC(=O)C1CC(=O)N(c2cc(C)ccc2OC)C1.Cl. The minimum absolute atomic E-state index is 0. The van der Waals surface area contributed by atoms with Gasteiger partial charge >= 0.3 is 0 Å². The summed E-state index contributed by atoms with van der Waals surface area (Å²) in [6.45, 7) is 3.85. The Hall–Kier alpha value is -1.79. The highest BCUT2D eigenvalue weighted by molar-refractivity contribution is 6.01. The van der Waals surface area contributed by atoms with Crippen molar-refractivity contribution in [2.75, 3.05) is 38.7 Å². The first-order valence-electron chi connectivity index (χ1n) is 7.94. The second-order valence-corrected chi connectivity index (χ2v) is 5.83. The summed E-state index contributed by atoms with van der Waals surface area (Å²) in [5.41, 5.74) is 1.79. The average molecular weight is 356 g/mol. The monoisotopic (exact) mass is 355 g/mol. The van der Waals surface area contributed by atoms with Crippen LogP contribution in [0.2, 0.25) is 0 Å². The molecule has 1 aliphatic rings. The van der Waals surface area contributed by atoms with Crippen LogP contribution < -0.4 is 20.3 Å². The molecule has 0 radical (unpaired) electrons. The lowest BCUT2D eigenvalue weighted by molar-refractivity contribution is -0.126. The van der Waals surface area contributed by atoms with Crippen molar-refractivity contribution in [1.82, 2.24) is 10.6 Å². The molecule has 1 fully saturated rings. The molecule has 0 spiro atoms. The third-order valence-electron chi connectivity index (χ3n) is 4.02. The van der Waals surface area contributed by atoms with Gasteiger partial charge in [0.15, 0.2) is 0 Å². The van der Waals surface area contributed by atoms with Crippen molar-refractivity contribution >= 4 is 29.9 Å². The van der Waals surface area contributed by atoms with Gasteiger partial charge in [-0.05, 0) is 44.6 Å². The van der Waals surface area contributed by atoms with Crippen molar-refractivity contribution in [1.29, 1.82) is 0 Å². The number of benzene rings is 1. The van der Waals surface area contributed by atoms with Crippen LogP contribution in [-0.4, -0.2) is 45.6 Å². The maximum atomic E-state index is 12.3. The number of carbonyl (C=O) groups is 2. The Morgan fingerprint density at radius 3 is 2.79 bits per heavy atom. The van der Waals surface area contributed by atoms with E-state index in [1.54, 1.807) is 12.0 Å². The molecule has 1 unspecified atom stereocenters. The molecule has 0 bridgehead atoms. The molecule has 0 aliphatic carbocycles. The second-order valence-electron chi connectivity index (χ2n) is 5.83. The maximum Gasteiger partial charge on any atom is 0.227 e. The largest absolute Gasteiger partial charge is 0.495 e. The van der Waals surface area contributed by atoms with Gasteiger partial charge in [-0.15, -0.1) is 12.4 Å². The molecular weight excluding hydrogens is 330 g/mol. The Morgan fingerprint density at radius 1 is 1.38 bits per heavy atom. The first kappa shape index (κ1) is 20.3. The molecule has 1 atom stereocenters. The van der Waals surface area contributed by atoms with E-state index in [2.05, 4.69) is 10.6 Å². The Balaban J connectivity index is 0.00000288. The van der Waals surface area contributed by atoms with Gasteiger partial charge in [-0.1, -0.05) is 6.07 Å². The highest BCUT2D eigenvalue weighted by Gasteiger charge is 2.36. The molecule has 2 amide bonds. The zero-order valence-electron chi connectivity index (χ0n) is 14.4. The highest BCUT2D eigenvalue weighted by Crippen LogP contribution is 2.33. The van der Waals surface area contributed by atoms with Gasteiger partial charge in [-0.3, -0.25) is 9.59 Å². The van der Waals surface area contributed by atoms with Gasteiger partial charge in [0.1, 0.15) is 5.75 Å². The van der Waals surface area contributed by atoms with Gasteiger partial charge < -0.3 is 20.3 Å². The number of carbonyl (C=O) groups excluding carboxylic acids is 2. The fraction of sp³-hybridized carbons (Fsp3) is 0.529. The number of hydrogen-bond donors (Lipinski definition) is 2. The van der Waals surface area contributed by atoms with E-state index >= 15 is 0 Å². The van der Waals surface area contributed by atoms with Crippen LogP contribution in [0, 0.1) is 12.8 Å². The third-order valence-corrected chi connectivity index (χ3v) is 4.02. The van der Waals surface area contributed by atoms with Gasteiger partial charge in [0, 0.05) is 19.5 Å². The molecule has 24 heavy (non-hydrogen) atoms. The van der Waals surface area contributed by atoms with E-state index in [4.69, 9.17) is 4.74 Å². The minimum Gasteiger partial charge on any atom is -0.495 e. The summed E-state index contributed by atoms with van der Waals surface area (Å²) in [5.74, 6) is 0.259. The molecule has 6 nitrogen and oxygen atoms in total. The first-order chi connectivity index (χ1) is 11.1. The van der Waals surface area contributed by atoms with Crippen LogP contribution in [0.5, 0.6) is 5.75 Å². The lowest BCUT2D eigenvalue weighted by atomic mass is 10.1. The molecule has 0 saturated carbocycles. The maximum absolute atomic E-state index is 12.3. The second kappa shape index (κ2) is 9.49. The number of ether oxygens (including phenoxy) is 1. The van der Waals surface area contributed by atoms with Crippen molar-refractivity contribution in [3.8, 4) is 5.75 Å².